The van der Waals surface area contributed by atoms with Crippen LogP contribution in [0.25, 0.3) is 22.2 Å². The van der Waals surface area contributed by atoms with Crippen LogP contribution < -0.4 is 0 Å². The third-order valence-electron chi connectivity index (χ3n) is 3.12. The zero-order valence-electron chi connectivity index (χ0n) is 11.4. The Morgan fingerprint density at radius 3 is 2.90 bits per heavy atom. The van der Waals surface area contributed by atoms with Crippen molar-refractivity contribution in [3.05, 3.63) is 64.8 Å². The Morgan fingerprint density at radius 1 is 1.24 bits per heavy atom. The lowest BCUT2D eigenvalue weighted by molar-refractivity contribution is 0.0606. The summed E-state index contributed by atoms with van der Waals surface area (Å²) in [7, 11) is 1.40. The van der Waals surface area contributed by atoms with E-state index in [0.717, 1.165) is 21.2 Å². The van der Waals surface area contributed by atoms with Crippen LogP contribution in [0, 0.1) is 0 Å². The number of ether oxygens (including phenoxy) is 1. The molecule has 3 rings (SSSR count). The molecule has 0 unspecified atom stereocenters. The first-order chi connectivity index (χ1) is 10.3. The second-order valence-corrected chi connectivity index (χ2v) is 5.56. The van der Waals surface area contributed by atoms with Crippen molar-refractivity contribution in [3.63, 3.8) is 0 Å². The molecule has 0 aliphatic heterocycles. The number of methoxy groups -OCH3 is 1. The maximum atomic E-state index is 11.6. The topological polar surface area (TPSA) is 39.2 Å². The Kier molecular flexibility index (Phi) is 3.79. The smallest absolute Gasteiger partial charge is 0.348 e. The Hall–Kier alpha value is -2.46. The molecule has 104 valence electrons. The van der Waals surface area contributed by atoms with E-state index in [1.807, 2.05) is 54.7 Å². The van der Waals surface area contributed by atoms with Crippen LogP contribution in [0.4, 0.5) is 0 Å². The zero-order chi connectivity index (χ0) is 14.7. The summed E-state index contributed by atoms with van der Waals surface area (Å²) in [4.78, 5) is 16.3. The van der Waals surface area contributed by atoms with Gasteiger partial charge in [-0.05, 0) is 29.3 Å². The molecule has 0 amide bonds. The molecule has 0 saturated heterocycles. The molecule has 3 aromatic rings. The lowest BCUT2D eigenvalue weighted by atomic mass is 10.1. The van der Waals surface area contributed by atoms with E-state index in [0.29, 0.717) is 4.88 Å². The van der Waals surface area contributed by atoms with E-state index in [4.69, 9.17) is 4.74 Å². The highest BCUT2D eigenvalue weighted by atomic mass is 32.1. The number of nitrogens with zero attached hydrogens (tertiary/aromatic N) is 1. The maximum absolute atomic E-state index is 11.6. The minimum atomic E-state index is -0.293. The van der Waals surface area contributed by atoms with Crippen LogP contribution in [0.2, 0.25) is 0 Å². The lowest BCUT2D eigenvalue weighted by Gasteiger charge is -1.96. The van der Waals surface area contributed by atoms with Crippen molar-refractivity contribution in [2.75, 3.05) is 7.11 Å². The Labute approximate surface area is 126 Å². The summed E-state index contributed by atoms with van der Waals surface area (Å²) in [6, 6.07) is 11.8. The molecule has 1 aromatic carbocycles. The summed E-state index contributed by atoms with van der Waals surface area (Å²) in [6.45, 7) is 0. The highest BCUT2D eigenvalue weighted by Gasteiger charge is 2.11. The van der Waals surface area contributed by atoms with Crippen molar-refractivity contribution >= 4 is 39.5 Å². The molecule has 0 atom stereocenters. The zero-order valence-corrected chi connectivity index (χ0v) is 12.3. The first kappa shape index (κ1) is 13.5. The number of thiophene rings is 1. The molecule has 0 spiro atoms. The fraction of sp³-hybridized carbons (Fsp3) is 0.0588. The molecule has 3 nitrogen and oxygen atoms in total. The second-order valence-electron chi connectivity index (χ2n) is 4.48. The number of benzene rings is 1. The van der Waals surface area contributed by atoms with Crippen LogP contribution in [0.3, 0.4) is 0 Å². The molecule has 0 N–H and O–H groups in total. The monoisotopic (exact) mass is 295 g/mol. The van der Waals surface area contributed by atoms with Crippen molar-refractivity contribution in [3.8, 4) is 0 Å². The number of aromatic nitrogens is 1. The summed E-state index contributed by atoms with van der Waals surface area (Å²) in [6.07, 6.45) is 7.61. The average molecular weight is 295 g/mol. The van der Waals surface area contributed by atoms with Crippen LogP contribution in [0.5, 0.6) is 0 Å². The minimum absolute atomic E-state index is 0.293. The van der Waals surface area contributed by atoms with Crippen molar-refractivity contribution in [1.82, 2.24) is 4.98 Å². The van der Waals surface area contributed by atoms with E-state index in [1.54, 1.807) is 6.20 Å². The first-order valence-electron chi connectivity index (χ1n) is 6.47. The molecule has 0 aliphatic carbocycles. The number of pyridine rings is 1. The summed E-state index contributed by atoms with van der Waals surface area (Å²) in [5.41, 5.74) is 2.11. The molecule has 21 heavy (non-hydrogen) atoms. The fourth-order valence-corrected chi connectivity index (χ4v) is 3.10. The molecular weight excluding hydrogens is 282 g/mol. The van der Waals surface area contributed by atoms with Gasteiger partial charge in [0.25, 0.3) is 0 Å². The predicted octanol–water partition coefficient (Wildman–Crippen LogP) is 4.25. The normalized spacial score (nSPS) is 11.1. The summed E-state index contributed by atoms with van der Waals surface area (Å²) >= 11 is 1.45. The van der Waals surface area contributed by atoms with Gasteiger partial charge in [0, 0.05) is 22.5 Å². The molecular formula is C17H13NO2S. The van der Waals surface area contributed by atoms with Gasteiger partial charge in [0.05, 0.1) is 7.11 Å². The van der Waals surface area contributed by atoms with Gasteiger partial charge >= 0.3 is 5.97 Å². The van der Waals surface area contributed by atoms with E-state index in [9.17, 15) is 4.79 Å². The first-order valence-corrected chi connectivity index (χ1v) is 7.28. The van der Waals surface area contributed by atoms with Gasteiger partial charge in [-0.1, -0.05) is 30.4 Å². The van der Waals surface area contributed by atoms with E-state index in [2.05, 4.69) is 4.98 Å². The van der Waals surface area contributed by atoms with Gasteiger partial charge in [0.2, 0.25) is 0 Å². The third kappa shape index (κ3) is 2.85. The third-order valence-corrected chi connectivity index (χ3v) is 4.20. The van der Waals surface area contributed by atoms with Gasteiger partial charge in [-0.3, -0.25) is 4.98 Å². The number of carbonyl (C=O) groups is 1. The van der Waals surface area contributed by atoms with Crippen LogP contribution in [0.15, 0.2) is 48.8 Å². The average Bonchev–Trinajstić information content (AvgIpc) is 2.97. The Balaban J connectivity index is 2.01. The second kappa shape index (κ2) is 5.89. The van der Waals surface area contributed by atoms with Gasteiger partial charge in [-0.15, -0.1) is 11.3 Å². The van der Waals surface area contributed by atoms with Gasteiger partial charge in [0.1, 0.15) is 4.88 Å². The SMILES string of the molecule is COC(=O)c1cc2c(C=Cc3cccnc3)cccc2s1. The van der Waals surface area contributed by atoms with Crippen molar-refractivity contribution in [2.45, 2.75) is 0 Å². The fourth-order valence-electron chi connectivity index (χ4n) is 2.09. The maximum Gasteiger partial charge on any atom is 0.348 e. The van der Waals surface area contributed by atoms with E-state index < -0.39 is 0 Å². The number of carbonyl (C=O) groups excluding carboxylic acids is 1. The molecule has 0 fully saturated rings. The number of rotatable bonds is 3. The van der Waals surface area contributed by atoms with E-state index in [1.165, 1.54) is 18.4 Å². The van der Waals surface area contributed by atoms with Crippen LogP contribution in [-0.2, 0) is 4.74 Å². The quantitative estimate of drug-likeness (QED) is 0.678. The molecule has 2 aromatic heterocycles. The van der Waals surface area contributed by atoms with Crippen LogP contribution >= 0.6 is 11.3 Å². The predicted molar refractivity (Wildman–Crippen MR) is 86.3 cm³/mol. The van der Waals surface area contributed by atoms with Gasteiger partial charge in [0.15, 0.2) is 0 Å². The molecule has 2 heterocycles. The molecule has 0 aliphatic rings. The molecule has 0 bridgehead atoms. The summed E-state index contributed by atoms with van der Waals surface area (Å²) in [5, 5.41) is 1.06. The number of hydrogen-bond acceptors (Lipinski definition) is 4. The standard InChI is InChI=1S/C17H13NO2S/c1-20-17(19)16-10-14-13(5-2-6-15(14)21-16)8-7-12-4-3-9-18-11-12/h2-11H,1H3. The summed E-state index contributed by atoms with van der Waals surface area (Å²) < 4.78 is 5.85. The minimum Gasteiger partial charge on any atom is -0.465 e. The van der Waals surface area contributed by atoms with Crippen molar-refractivity contribution < 1.29 is 9.53 Å². The Morgan fingerprint density at radius 2 is 2.14 bits per heavy atom. The van der Waals surface area contributed by atoms with E-state index >= 15 is 0 Å². The highest BCUT2D eigenvalue weighted by Crippen LogP contribution is 2.29. The van der Waals surface area contributed by atoms with E-state index in [-0.39, 0.29) is 5.97 Å². The Bertz CT molecular complexity index is 806. The van der Waals surface area contributed by atoms with Crippen molar-refractivity contribution in [2.24, 2.45) is 0 Å². The number of fused-ring (bicyclic) bond motifs is 1. The summed E-state index contributed by atoms with van der Waals surface area (Å²) in [5.74, 6) is -0.293. The van der Waals surface area contributed by atoms with Crippen LogP contribution in [0.1, 0.15) is 20.8 Å². The molecule has 0 radical (unpaired) electrons. The van der Waals surface area contributed by atoms with Gasteiger partial charge < -0.3 is 4.74 Å². The molecule has 4 heteroatoms. The van der Waals surface area contributed by atoms with Crippen LogP contribution in [-0.4, -0.2) is 18.1 Å². The largest absolute Gasteiger partial charge is 0.465 e. The van der Waals surface area contributed by atoms with Crippen molar-refractivity contribution in [1.29, 1.82) is 0 Å². The number of hydrogen-bond donors (Lipinski definition) is 0. The number of esters is 1. The van der Waals surface area contributed by atoms with Gasteiger partial charge in [-0.25, -0.2) is 4.79 Å². The lowest BCUT2D eigenvalue weighted by Crippen LogP contribution is -1.96. The highest BCUT2D eigenvalue weighted by molar-refractivity contribution is 7.20. The molecule has 0 saturated carbocycles. The van der Waals surface area contributed by atoms with Gasteiger partial charge in [-0.2, -0.15) is 0 Å².